The summed E-state index contributed by atoms with van der Waals surface area (Å²) >= 11 is 0. The molecule has 3 rings (SSSR count). The summed E-state index contributed by atoms with van der Waals surface area (Å²) in [7, 11) is 0. The number of nitrogen functional groups attached to an aromatic ring is 1. The summed E-state index contributed by atoms with van der Waals surface area (Å²) in [5.41, 5.74) is 5.66. The highest BCUT2D eigenvalue weighted by atomic mass is 19.1. The lowest BCUT2D eigenvalue weighted by Crippen LogP contribution is -2.42. The number of hydrogen-bond donors (Lipinski definition) is 2. The van der Waals surface area contributed by atoms with Crippen LogP contribution in [0.2, 0.25) is 0 Å². The molecular weight excluding hydrogens is 237 g/mol. The molecule has 2 aromatic heterocycles. The van der Waals surface area contributed by atoms with Crippen molar-refractivity contribution in [2.45, 2.75) is 31.0 Å². The number of nitrogens with two attached hydrogens (primary N) is 1. The topological polar surface area (TPSA) is 89.9 Å². The van der Waals surface area contributed by atoms with E-state index >= 15 is 0 Å². The molecule has 96 valence electrons. The second-order valence-corrected chi connectivity index (χ2v) is 4.67. The fraction of sp³-hybridized carbons (Fsp3) is 0.545. The van der Waals surface area contributed by atoms with Crippen LogP contribution >= 0.6 is 0 Å². The Morgan fingerprint density at radius 2 is 2.33 bits per heavy atom. The van der Waals surface area contributed by atoms with Crippen LogP contribution < -0.4 is 5.73 Å². The number of nitrogens with zero attached hydrogens (tertiary/aromatic N) is 4. The zero-order valence-corrected chi connectivity index (χ0v) is 9.75. The number of aliphatic hydroxyl groups excluding tert-OH is 1. The largest absolute Gasteiger partial charge is 0.394 e. The number of rotatable bonds is 2. The van der Waals surface area contributed by atoms with Crippen LogP contribution in [0, 0.1) is 0 Å². The molecule has 1 aliphatic rings. The van der Waals surface area contributed by atoms with Crippen molar-refractivity contribution in [2.75, 3.05) is 12.3 Å². The standard InChI is InChI=1S/C11H14FN5O/c12-7-2-1-3-11(7,4-18)17-6-16-8-9(13)14-5-15-10(8)17/h5-7,18H,1-4H2,(H2,13,14,15)/t7?,11-/m0/s1. The number of hydrogen-bond acceptors (Lipinski definition) is 5. The minimum atomic E-state index is -1.10. The van der Waals surface area contributed by atoms with Gasteiger partial charge in [0.05, 0.1) is 12.9 Å². The number of imidazole rings is 1. The average molecular weight is 251 g/mol. The molecule has 0 radical (unpaired) electrons. The van der Waals surface area contributed by atoms with Gasteiger partial charge in [0.1, 0.15) is 23.6 Å². The first-order valence-electron chi connectivity index (χ1n) is 5.88. The second-order valence-electron chi connectivity index (χ2n) is 4.67. The molecule has 6 nitrogen and oxygen atoms in total. The number of fused-ring (bicyclic) bond motifs is 1. The minimum Gasteiger partial charge on any atom is -0.394 e. The van der Waals surface area contributed by atoms with Crippen LogP contribution in [0.25, 0.3) is 11.2 Å². The van der Waals surface area contributed by atoms with Gasteiger partial charge < -0.3 is 15.4 Å². The average Bonchev–Trinajstić information content (AvgIpc) is 2.94. The van der Waals surface area contributed by atoms with E-state index in [2.05, 4.69) is 15.0 Å². The van der Waals surface area contributed by atoms with E-state index in [1.165, 1.54) is 12.7 Å². The van der Waals surface area contributed by atoms with E-state index in [1.807, 2.05) is 0 Å². The van der Waals surface area contributed by atoms with Gasteiger partial charge in [0.25, 0.3) is 0 Å². The summed E-state index contributed by atoms with van der Waals surface area (Å²) in [5.74, 6) is 0.264. The van der Waals surface area contributed by atoms with Crippen LogP contribution in [-0.4, -0.2) is 37.4 Å². The highest BCUT2D eigenvalue weighted by molar-refractivity contribution is 5.81. The van der Waals surface area contributed by atoms with Crippen molar-refractivity contribution < 1.29 is 9.50 Å². The summed E-state index contributed by atoms with van der Waals surface area (Å²) < 4.78 is 15.8. The van der Waals surface area contributed by atoms with Gasteiger partial charge in [-0.25, -0.2) is 19.3 Å². The Bertz CT molecular complexity index is 586. The Morgan fingerprint density at radius 1 is 1.50 bits per heavy atom. The van der Waals surface area contributed by atoms with E-state index in [1.54, 1.807) is 4.57 Å². The maximum absolute atomic E-state index is 14.2. The van der Waals surface area contributed by atoms with Gasteiger partial charge in [-0.05, 0) is 19.3 Å². The molecule has 2 aromatic rings. The quantitative estimate of drug-likeness (QED) is 0.816. The van der Waals surface area contributed by atoms with E-state index in [0.29, 0.717) is 24.0 Å². The summed E-state index contributed by atoms with van der Waals surface area (Å²) in [4.78, 5) is 12.1. The molecule has 1 unspecified atom stereocenters. The maximum atomic E-state index is 14.2. The predicted octanol–water partition coefficient (Wildman–Crippen LogP) is 0.618. The van der Waals surface area contributed by atoms with E-state index < -0.39 is 11.7 Å². The molecule has 0 aliphatic heterocycles. The minimum absolute atomic E-state index is 0.264. The summed E-state index contributed by atoms with van der Waals surface area (Å²) in [5, 5.41) is 9.62. The molecule has 7 heteroatoms. The molecule has 18 heavy (non-hydrogen) atoms. The zero-order valence-electron chi connectivity index (χ0n) is 9.75. The molecule has 2 atom stereocenters. The van der Waals surface area contributed by atoms with Crippen molar-refractivity contribution in [1.82, 2.24) is 19.5 Å². The summed E-state index contributed by atoms with van der Waals surface area (Å²) in [6.45, 7) is -0.274. The number of aliphatic hydroxyl groups is 1. The van der Waals surface area contributed by atoms with Crippen LogP contribution in [0.3, 0.4) is 0 Å². The Hall–Kier alpha value is -1.76. The fourth-order valence-electron chi connectivity index (χ4n) is 2.72. The van der Waals surface area contributed by atoms with Gasteiger partial charge in [-0.15, -0.1) is 0 Å². The summed E-state index contributed by atoms with van der Waals surface area (Å²) in [6.07, 6.45) is 3.46. The molecule has 0 aromatic carbocycles. The molecule has 0 bridgehead atoms. The van der Waals surface area contributed by atoms with E-state index in [0.717, 1.165) is 6.42 Å². The van der Waals surface area contributed by atoms with Gasteiger partial charge in [-0.2, -0.15) is 0 Å². The number of aromatic nitrogens is 4. The third kappa shape index (κ3) is 1.34. The first-order chi connectivity index (χ1) is 8.69. The molecule has 0 amide bonds. The highest BCUT2D eigenvalue weighted by Gasteiger charge is 2.45. The van der Waals surface area contributed by atoms with Gasteiger partial charge in [0, 0.05) is 0 Å². The van der Waals surface area contributed by atoms with Gasteiger partial charge in [0.2, 0.25) is 0 Å². The van der Waals surface area contributed by atoms with E-state index in [9.17, 15) is 9.50 Å². The lowest BCUT2D eigenvalue weighted by atomic mass is 9.97. The smallest absolute Gasteiger partial charge is 0.166 e. The molecule has 1 aliphatic carbocycles. The fourth-order valence-corrected chi connectivity index (χ4v) is 2.72. The molecule has 1 fully saturated rings. The Balaban J connectivity index is 2.22. The Morgan fingerprint density at radius 3 is 3.00 bits per heavy atom. The molecule has 1 saturated carbocycles. The monoisotopic (exact) mass is 251 g/mol. The molecular formula is C11H14FN5O. The van der Waals surface area contributed by atoms with Crippen molar-refractivity contribution in [1.29, 1.82) is 0 Å². The first kappa shape index (κ1) is 11.3. The summed E-state index contributed by atoms with van der Waals surface area (Å²) in [6, 6.07) is 0. The molecule has 2 heterocycles. The first-order valence-corrected chi connectivity index (χ1v) is 5.88. The predicted molar refractivity (Wildman–Crippen MR) is 63.5 cm³/mol. The van der Waals surface area contributed by atoms with Crippen LogP contribution in [0.1, 0.15) is 19.3 Å². The maximum Gasteiger partial charge on any atom is 0.166 e. The zero-order chi connectivity index (χ0) is 12.8. The van der Waals surface area contributed by atoms with E-state index in [-0.39, 0.29) is 12.4 Å². The molecule has 0 saturated heterocycles. The van der Waals surface area contributed by atoms with Crippen LogP contribution in [0.15, 0.2) is 12.7 Å². The van der Waals surface area contributed by atoms with E-state index in [4.69, 9.17) is 5.73 Å². The number of alkyl halides is 1. The van der Waals surface area contributed by atoms with Gasteiger partial charge in [0.15, 0.2) is 11.5 Å². The second kappa shape index (κ2) is 3.88. The van der Waals surface area contributed by atoms with Crippen LogP contribution in [0.5, 0.6) is 0 Å². The van der Waals surface area contributed by atoms with Crippen molar-refractivity contribution in [3.8, 4) is 0 Å². The molecule has 3 N–H and O–H groups in total. The SMILES string of the molecule is Nc1ncnc2c1ncn2[C@]1(CO)CCCC1F. The van der Waals surface area contributed by atoms with Crippen molar-refractivity contribution in [2.24, 2.45) is 0 Å². The Labute approximate surface area is 103 Å². The third-order valence-corrected chi connectivity index (χ3v) is 3.77. The van der Waals surface area contributed by atoms with Crippen LogP contribution in [0.4, 0.5) is 10.2 Å². The third-order valence-electron chi connectivity index (χ3n) is 3.77. The number of anilines is 1. The van der Waals surface area contributed by atoms with Gasteiger partial charge in [-0.1, -0.05) is 0 Å². The van der Waals surface area contributed by atoms with Gasteiger partial charge >= 0.3 is 0 Å². The van der Waals surface area contributed by atoms with Crippen molar-refractivity contribution in [3.63, 3.8) is 0 Å². The van der Waals surface area contributed by atoms with Crippen molar-refractivity contribution in [3.05, 3.63) is 12.7 Å². The van der Waals surface area contributed by atoms with Crippen molar-refractivity contribution >= 4 is 17.0 Å². The highest BCUT2D eigenvalue weighted by Crippen LogP contribution is 2.40. The lowest BCUT2D eigenvalue weighted by molar-refractivity contribution is 0.0708. The number of halogens is 1. The normalized spacial score (nSPS) is 28.0. The lowest BCUT2D eigenvalue weighted by Gasteiger charge is -2.31. The van der Waals surface area contributed by atoms with Gasteiger partial charge in [-0.3, -0.25) is 0 Å². The Kier molecular flexibility index (Phi) is 2.44. The molecule has 0 spiro atoms. The van der Waals surface area contributed by atoms with Crippen LogP contribution in [-0.2, 0) is 5.54 Å².